The molecule has 0 bridgehead atoms. The molecule has 8 nitrogen and oxygen atoms in total. The second-order valence-electron chi connectivity index (χ2n) is 5.91. The molecule has 0 aliphatic heterocycles. The van der Waals surface area contributed by atoms with Crippen molar-refractivity contribution in [3.05, 3.63) is 57.0 Å². The van der Waals surface area contributed by atoms with Crippen LogP contribution in [0.3, 0.4) is 0 Å². The molecule has 0 aliphatic rings. The summed E-state index contributed by atoms with van der Waals surface area (Å²) in [6.45, 7) is 3.63. The topological polar surface area (TPSA) is 101 Å². The summed E-state index contributed by atoms with van der Waals surface area (Å²) in [4.78, 5) is 19.4. The molecule has 27 heavy (non-hydrogen) atoms. The highest BCUT2D eigenvalue weighted by molar-refractivity contribution is 7.17. The van der Waals surface area contributed by atoms with Gasteiger partial charge in [-0.25, -0.2) is 9.37 Å². The highest BCUT2D eigenvalue weighted by Crippen LogP contribution is 2.27. The van der Waals surface area contributed by atoms with Crippen molar-refractivity contribution in [1.82, 2.24) is 30.2 Å². The summed E-state index contributed by atoms with van der Waals surface area (Å²) in [7, 11) is 0. The van der Waals surface area contributed by atoms with E-state index < -0.39 is 5.82 Å². The minimum absolute atomic E-state index is 0.00230. The SMILES string of the molecule is Cc1nnnn1-c1cnc(NC(C)c2cc3cc(Cl)c(F)cc3[nH]c2=O)s1. The summed E-state index contributed by atoms with van der Waals surface area (Å²) in [5.41, 5.74) is 0.571. The number of tetrazole rings is 1. The lowest BCUT2D eigenvalue weighted by Gasteiger charge is -2.13. The van der Waals surface area contributed by atoms with Gasteiger partial charge in [0.15, 0.2) is 11.0 Å². The van der Waals surface area contributed by atoms with Crippen LogP contribution in [0.15, 0.2) is 29.2 Å². The van der Waals surface area contributed by atoms with Gasteiger partial charge in [0.25, 0.3) is 5.56 Å². The molecule has 138 valence electrons. The van der Waals surface area contributed by atoms with Gasteiger partial charge in [-0.2, -0.15) is 4.68 Å². The van der Waals surface area contributed by atoms with Gasteiger partial charge in [-0.1, -0.05) is 22.9 Å². The van der Waals surface area contributed by atoms with E-state index in [-0.39, 0.29) is 16.6 Å². The van der Waals surface area contributed by atoms with Crippen molar-refractivity contribution < 1.29 is 4.39 Å². The number of halogens is 2. The number of aromatic amines is 1. The van der Waals surface area contributed by atoms with Crippen molar-refractivity contribution >= 4 is 39.0 Å². The third kappa shape index (κ3) is 3.28. The lowest BCUT2D eigenvalue weighted by molar-refractivity contribution is 0.629. The van der Waals surface area contributed by atoms with Gasteiger partial charge in [-0.05, 0) is 42.5 Å². The van der Waals surface area contributed by atoms with Crippen LogP contribution in [-0.4, -0.2) is 30.2 Å². The Morgan fingerprint density at radius 2 is 2.19 bits per heavy atom. The average Bonchev–Trinajstić information content (AvgIpc) is 3.24. The number of aromatic nitrogens is 6. The summed E-state index contributed by atoms with van der Waals surface area (Å²) in [6, 6.07) is 4.05. The van der Waals surface area contributed by atoms with E-state index in [0.29, 0.717) is 27.4 Å². The van der Waals surface area contributed by atoms with Crippen molar-refractivity contribution in [3.63, 3.8) is 0 Å². The minimum Gasteiger partial charge on any atom is -0.355 e. The zero-order chi connectivity index (χ0) is 19.1. The average molecular weight is 406 g/mol. The fourth-order valence-electron chi connectivity index (χ4n) is 2.67. The molecule has 1 atom stereocenters. The highest BCUT2D eigenvalue weighted by Gasteiger charge is 2.15. The Morgan fingerprint density at radius 1 is 1.37 bits per heavy atom. The number of thiazole rings is 1. The molecule has 0 spiro atoms. The van der Waals surface area contributed by atoms with E-state index in [9.17, 15) is 9.18 Å². The normalized spacial score (nSPS) is 12.4. The molecule has 11 heteroatoms. The van der Waals surface area contributed by atoms with E-state index in [0.717, 1.165) is 5.00 Å². The smallest absolute Gasteiger partial charge is 0.253 e. The van der Waals surface area contributed by atoms with E-state index in [2.05, 4.69) is 30.8 Å². The molecule has 0 saturated carbocycles. The number of pyridine rings is 1. The predicted octanol–water partition coefficient (Wildman–Crippen LogP) is 3.23. The van der Waals surface area contributed by atoms with Gasteiger partial charge in [0.1, 0.15) is 10.8 Å². The lowest BCUT2D eigenvalue weighted by Crippen LogP contribution is -2.19. The van der Waals surface area contributed by atoms with Crippen molar-refractivity contribution in [2.45, 2.75) is 19.9 Å². The van der Waals surface area contributed by atoms with Gasteiger partial charge in [-0.3, -0.25) is 4.79 Å². The fraction of sp³-hybridized carbons (Fsp3) is 0.188. The first-order chi connectivity index (χ1) is 12.9. The Kier molecular flexibility index (Phi) is 4.36. The van der Waals surface area contributed by atoms with Crippen molar-refractivity contribution in [3.8, 4) is 5.00 Å². The van der Waals surface area contributed by atoms with E-state index >= 15 is 0 Å². The second kappa shape index (κ2) is 6.71. The van der Waals surface area contributed by atoms with Gasteiger partial charge >= 0.3 is 0 Å². The summed E-state index contributed by atoms with van der Waals surface area (Å²) < 4.78 is 15.2. The number of hydrogen-bond donors (Lipinski definition) is 2. The highest BCUT2D eigenvalue weighted by atomic mass is 35.5. The lowest BCUT2D eigenvalue weighted by atomic mass is 10.1. The zero-order valence-electron chi connectivity index (χ0n) is 14.2. The molecule has 0 fully saturated rings. The quantitative estimate of drug-likeness (QED) is 0.540. The van der Waals surface area contributed by atoms with Crippen LogP contribution in [-0.2, 0) is 0 Å². The number of rotatable bonds is 4. The third-order valence-corrected chi connectivity index (χ3v) is 5.24. The van der Waals surface area contributed by atoms with Crippen LogP contribution in [0.2, 0.25) is 5.02 Å². The fourth-order valence-corrected chi connectivity index (χ4v) is 3.74. The Labute approximate surface area is 161 Å². The number of H-pyrrole nitrogens is 1. The van der Waals surface area contributed by atoms with Crippen LogP contribution in [0.5, 0.6) is 0 Å². The number of anilines is 1. The second-order valence-corrected chi connectivity index (χ2v) is 7.33. The van der Waals surface area contributed by atoms with E-state index in [1.165, 1.54) is 23.5 Å². The number of fused-ring (bicyclic) bond motifs is 1. The molecular formula is C16H13ClFN7OS. The van der Waals surface area contributed by atoms with Crippen LogP contribution < -0.4 is 10.9 Å². The largest absolute Gasteiger partial charge is 0.355 e. The first-order valence-corrected chi connectivity index (χ1v) is 9.11. The van der Waals surface area contributed by atoms with Crippen LogP contribution in [0.1, 0.15) is 24.4 Å². The van der Waals surface area contributed by atoms with Crippen molar-refractivity contribution in [2.24, 2.45) is 0 Å². The third-order valence-electron chi connectivity index (χ3n) is 4.05. The first kappa shape index (κ1) is 17.6. The van der Waals surface area contributed by atoms with Crippen LogP contribution >= 0.6 is 22.9 Å². The molecule has 3 aromatic heterocycles. The number of nitrogens with one attached hydrogen (secondary N) is 2. The molecule has 1 unspecified atom stereocenters. The number of hydrogen-bond acceptors (Lipinski definition) is 7. The molecule has 0 aliphatic carbocycles. The monoisotopic (exact) mass is 405 g/mol. The van der Waals surface area contributed by atoms with Gasteiger partial charge in [0.2, 0.25) is 0 Å². The molecule has 2 N–H and O–H groups in total. The molecular weight excluding hydrogens is 393 g/mol. The summed E-state index contributed by atoms with van der Waals surface area (Å²) in [6.07, 6.45) is 1.65. The van der Waals surface area contributed by atoms with Gasteiger partial charge in [-0.15, -0.1) is 5.10 Å². The summed E-state index contributed by atoms with van der Waals surface area (Å²) in [5, 5.41) is 16.6. The predicted molar refractivity (Wildman–Crippen MR) is 101 cm³/mol. The van der Waals surface area contributed by atoms with Crippen LogP contribution in [0.4, 0.5) is 9.52 Å². The van der Waals surface area contributed by atoms with E-state index in [4.69, 9.17) is 11.6 Å². The summed E-state index contributed by atoms with van der Waals surface area (Å²) >= 11 is 7.20. The van der Waals surface area contributed by atoms with E-state index in [1.807, 2.05) is 6.92 Å². The maximum atomic E-state index is 13.6. The number of benzene rings is 1. The van der Waals surface area contributed by atoms with E-state index in [1.54, 1.807) is 23.9 Å². The molecule has 3 heterocycles. The van der Waals surface area contributed by atoms with Crippen LogP contribution in [0, 0.1) is 12.7 Å². The van der Waals surface area contributed by atoms with Gasteiger partial charge < -0.3 is 10.3 Å². The Hall–Kier alpha value is -2.85. The number of nitrogens with zero attached hydrogens (tertiary/aromatic N) is 5. The summed E-state index contributed by atoms with van der Waals surface area (Å²) in [5.74, 6) is 0.0697. The maximum absolute atomic E-state index is 13.6. The number of aryl methyl sites for hydroxylation is 1. The molecule has 0 saturated heterocycles. The van der Waals surface area contributed by atoms with Crippen molar-refractivity contribution in [1.29, 1.82) is 0 Å². The van der Waals surface area contributed by atoms with Gasteiger partial charge in [0, 0.05) is 10.9 Å². The molecule has 0 amide bonds. The van der Waals surface area contributed by atoms with Crippen LogP contribution in [0.25, 0.3) is 15.9 Å². The Bertz CT molecular complexity index is 1200. The van der Waals surface area contributed by atoms with Gasteiger partial charge in [0.05, 0.1) is 22.8 Å². The Morgan fingerprint density at radius 3 is 2.93 bits per heavy atom. The zero-order valence-corrected chi connectivity index (χ0v) is 15.8. The van der Waals surface area contributed by atoms with Crippen molar-refractivity contribution in [2.75, 3.05) is 5.32 Å². The standard InChI is InChI=1S/C16H13ClFN7OS/c1-7(20-16-19-6-14(27-16)25-8(2)22-23-24-25)10-3-9-4-11(17)12(18)5-13(9)21-15(10)26/h3-7H,1-2H3,(H,19,20)(H,21,26). The minimum atomic E-state index is -0.577. The first-order valence-electron chi connectivity index (χ1n) is 7.92. The molecule has 4 rings (SSSR count). The Balaban J connectivity index is 1.63. The molecule has 4 aromatic rings. The molecule has 0 radical (unpaired) electrons. The maximum Gasteiger partial charge on any atom is 0.253 e. The molecule has 1 aromatic carbocycles.